The Balaban J connectivity index is 2.20. The molecule has 0 aliphatic rings. The van der Waals surface area contributed by atoms with Gasteiger partial charge in [0.2, 0.25) is 15.9 Å². The Morgan fingerprint density at radius 3 is 2.79 bits per heavy atom. The van der Waals surface area contributed by atoms with Crippen LogP contribution in [0.5, 0.6) is 0 Å². The molecule has 0 amide bonds. The predicted molar refractivity (Wildman–Crippen MR) is 72.2 cm³/mol. The number of aromatic nitrogens is 2. The first kappa shape index (κ1) is 14.4. The van der Waals surface area contributed by atoms with Crippen LogP contribution < -0.4 is 4.72 Å². The highest BCUT2D eigenvalue weighted by atomic mass is 79.9. The smallest absolute Gasteiger partial charge is 0.244 e. The van der Waals surface area contributed by atoms with E-state index in [0.717, 1.165) is 0 Å². The maximum absolute atomic E-state index is 12.1. The van der Waals surface area contributed by atoms with Crippen LogP contribution in [0.4, 0.5) is 0 Å². The average molecular weight is 367 g/mol. The fourth-order valence-electron chi connectivity index (χ4n) is 1.31. The fraction of sp³-hybridized carbons (Fsp3) is 0.200. The largest absolute Gasteiger partial charge is 0.445 e. The third-order valence-electron chi connectivity index (χ3n) is 2.15. The molecule has 19 heavy (non-hydrogen) atoms. The van der Waals surface area contributed by atoms with E-state index in [9.17, 15) is 8.42 Å². The molecule has 2 aromatic rings. The molecular weight excluding hydrogens is 358 g/mol. The van der Waals surface area contributed by atoms with Crippen LogP contribution in [0.3, 0.4) is 0 Å². The minimum absolute atomic E-state index is 0.0565. The van der Waals surface area contributed by atoms with Gasteiger partial charge < -0.3 is 4.42 Å². The second-order valence-electron chi connectivity index (χ2n) is 3.63. The van der Waals surface area contributed by atoms with E-state index in [1.54, 1.807) is 6.92 Å². The Hall–Kier alpha value is -0.960. The van der Waals surface area contributed by atoms with E-state index in [1.165, 1.54) is 18.5 Å². The Kier molecular flexibility index (Phi) is 4.24. The van der Waals surface area contributed by atoms with Gasteiger partial charge in [0, 0.05) is 10.7 Å². The summed E-state index contributed by atoms with van der Waals surface area (Å²) in [6, 6.07) is 1.37. The van der Waals surface area contributed by atoms with Crippen molar-refractivity contribution in [2.75, 3.05) is 0 Å². The summed E-state index contributed by atoms with van der Waals surface area (Å²) in [5.74, 6) is 0.886. The second kappa shape index (κ2) is 5.58. The molecule has 9 heteroatoms. The summed E-state index contributed by atoms with van der Waals surface area (Å²) in [6.07, 6.45) is 2.93. The number of nitrogens with zero attached hydrogens (tertiary/aromatic N) is 2. The summed E-state index contributed by atoms with van der Waals surface area (Å²) in [7, 11) is -3.78. The van der Waals surface area contributed by atoms with Crippen molar-refractivity contribution in [3.05, 3.63) is 39.7 Å². The molecule has 102 valence electrons. The zero-order valence-corrected chi connectivity index (χ0v) is 12.9. The molecule has 2 heterocycles. The number of rotatable bonds is 4. The van der Waals surface area contributed by atoms with E-state index in [-0.39, 0.29) is 22.5 Å². The van der Waals surface area contributed by atoms with Crippen molar-refractivity contribution < 1.29 is 12.8 Å². The lowest BCUT2D eigenvalue weighted by atomic mass is 10.5. The van der Waals surface area contributed by atoms with E-state index in [4.69, 9.17) is 16.0 Å². The predicted octanol–water partition coefficient (Wildman–Crippen LogP) is 2.27. The lowest BCUT2D eigenvalue weighted by Gasteiger charge is -2.06. The van der Waals surface area contributed by atoms with Gasteiger partial charge in [0.1, 0.15) is 15.8 Å². The SMILES string of the molecule is Cc1cnc(CNS(=O)(=O)c2cc(Br)cnc2Cl)o1. The van der Waals surface area contributed by atoms with Gasteiger partial charge in [-0.3, -0.25) is 0 Å². The summed E-state index contributed by atoms with van der Waals surface area (Å²) in [5.41, 5.74) is 0. The van der Waals surface area contributed by atoms with Crippen molar-refractivity contribution in [1.29, 1.82) is 0 Å². The molecule has 2 rings (SSSR count). The van der Waals surface area contributed by atoms with Crippen LogP contribution in [0.2, 0.25) is 5.15 Å². The van der Waals surface area contributed by atoms with Gasteiger partial charge in [0.05, 0.1) is 12.7 Å². The fourth-order valence-corrected chi connectivity index (χ4v) is 3.23. The van der Waals surface area contributed by atoms with Gasteiger partial charge in [-0.05, 0) is 28.9 Å². The monoisotopic (exact) mass is 365 g/mol. The Labute approximate surface area is 123 Å². The highest BCUT2D eigenvalue weighted by Crippen LogP contribution is 2.22. The molecule has 0 saturated carbocycles. The van der Waals surface area contributed by atoms with Crippen molar-refractivity contribution in [2.45, 2.75) is 18.4 Å². The number of nitrogens with one attached hydrogen (secondary N) is 1. The van der Waals surface area contributed by atoms with E-state index >= 15 is 0 Å². The molecule has 0 aliphatic carbocycles. The highest BCUT2D eigenvalue weighted by molar-refractivity contribution is 9.10. The van der Waals surface area contributed by atoms with Gasteiger partial charge in [0.25, 0.3) is 0 Å². The maximum atomic E-state index is 12.1. The number of halogens is 2. The molecule has 0 bridgehead atoms. The molecule has 6 nitrogen and oxygen atoms in total. The molecule has 0 aromatic carbocycles. The van der Waals surface area contributed by atoms with Crippen molar-refractivity contribution >= 4 is 37.6 Å². The zero-order valence-electron chi connectivity index (χ0n) is 9.72. The number of sulfonamides is 1. The summed E-state index contributed by atoms with van der Waals surface area (Å²) in [5, 5.41) is -0.0979. The highest BCUT2D eigenvalue weighted by Gasteiger charge is 2.20. The van der Waals surface area contributed by atoms with Crippen molar-refractivity contribution in [3.63, 3.8) is 0 Å². The van der Waals surface area contributed by atoms with Crippen LogP contribution in [0, 0.1) is 6.92 Å². The maximum Gasteiger partial charge on any atom is 0.244 e. The topological polar surface area (TPSA) is 85.1 Å². The molecule has 0 aliphatic heterocycles. The van der Waals surface area contributed by atoms with Crippen LogP contribution in [0.1, 0.15) is 11.7 Å². The van der Waals surface area contributed by atoms with E-state index in [1.807, 2.05) is 0 Å². The lowest BCUT2D eigenvalue weighted by Crippen LogP contribution is -2.24. The van der Waals surface area contributed by atoms with E-state index in [2.05, 4.69) is 30.6 Å². The Morgan fingerprint density at radius 2 is 2.16 bits per heavy atom. The normalized spacial score (nSPS) is 11.7. The summed E-state index contributed by atoms with van der Waals surface area (Å²) in [6.45, 7) is 1.67. The molecule has 1 N–H and O–H groups in total. The Bertz CT molecular complexity index is 702. The molecule has 0 spiro atoms. The van der Waals surface area contributed by atoms with Crippen molar-refractivity contribution in [2.24, 2.45) is 0 Å². The van der Waals surface area contributed by atoms with Crippen LogP contribution in [-0.2, 0) is 16.6 Å². The third kappa shape index (κ3) is 3.53. The molecule has 0 radical (unpaired) electrons. The summed E-state index contributed by atoms with van der Waals surface area (Å²) in [4.78, 5) is 7.56. The average Bonchev–Trinajstić information content (AvgIpc) is 2.76. The van der Waals surface area contributed by atoms with Crippen molar-refractivity contribution in [3.8, 4) is 0 Å². The number of aryl methyl sites for hydroxylation is 1. The van der Waals surface area contributed by atoms with Gasteiger partial charge in [-0.1, -0.05) is 11.6 Å². The minimum Gasteiger partial charge on any atom is -0.445 e. The second-order valence-corrected chi connectivity index (χ2v) is 6.64. The molecule has 0 atom stereocenters. The lowest BCUT2D eigenvalue weighted by molar-refractivity contribution is 0.463. The minimum atomic E-state index is -3.78. The quantitative estimate of drug-likeness (QED) is 0.839. The van der Waals surface area contributed by atoms with Gasteiger partial charge in [0.15, 0.2) is 0 Å². The van der Waals surface area contributed by atoms with Gasteiger partial charge in [-0.25, -0.2) is 23.1 Å². The number of hydrogen-bond donors (Lipinski definition) is 1. The van der Waals surface area contributed by atoms with Crippen LogP contribution in [0.25, 0.3) is 0 Å². The van der Waals surface area contributed by atoms with Crippen LogP contribution in [0.15, 0.2) is 32.2 Å². The first-order valence-corrected chi connectivity index (χ1v) is 7.76. The summed E-state index contributed by atoms with van der Waals surface area (Å²) < 4.78 is 32.2. The molecule has 2 aromatic heterocycles. The first-order valence-electron chi connectivity index (χ1n) is 5.10. The van der Waals surface area contributed by atoms with Gasteiger partial charge in [-0.2, -0.15) is 0 Å². The number of oxazole rings is 1. The van der Waals surface area contributed by atoms with Crippen LogP contribution >= 0.6 is 27.5 Å². The first-order chi connectivity index (χ1) is 8.88. The molecular formula is C10H9BrClN3O3S. The molecule has 0 unspecified atom stereocenters. The third-order valence-corrected chi connectivity index (χ3v) is 4.41. The molecule has 0 fully saturated rings. The number of hydrogen-bond acceptors (Lipinski definition) is 5. The summed E-state index contributed by atoms with van der Waals surface area (Å²) >= 11 is 8.92. The number of pyridine rings is 1. The van der Waals surface area contributed by atoms with Gasteiger partial charge >= 0.3 is 0 Å². The standard InChI is InChI=1S/C10H9BrClN3O3S/c1-6-3-13-9(18-6)5-15-19(16,17)8-2-7(11)4-14-10(8)12/h2-4,15H,5H2,1H3. The van der Waals surface area contributed by atoms with Gasteiger partial charge in [-0.15, -0.1) is 0 Å². The van der Waals surface area contributed by atoms with E-state index in [0.29, 0.717) is 10.2 Å². The van der Waals surface area contributed by atoms with Crippen molar-refractivity contribution in [1.82, 2.24) is 14.7 Å². The zero-order chi connectivity index (χ0) is 14.0. The van der Waals surface area contributed by atoms with E-state index < -0.39 is 10.0 Å². The molecule has 0 saturated heterocycles. The van der Waals surface area contributed by atoms with Crippen LogP contribution in [-0.4, -0.2) is 18.4 Å². The Morgan fingerprint density at radius 1 is 1.42 bits per heavy atom.